The fourth-order valence-corrected chi connectivity index (χ4v) is 2.80. The number of allylic oxidation sites excluding steroid dienone is 1. The lowest BCUT2D eigenvalue weighted by Gasteiger charge is -2.13. The molecule has 0 aliphatic rings. The minimum atomic E-state index is -1.05. The van der Waals surface area contributed by atoms with Crippen LogP contribution in [0.25, 0.3) is 0 Å². The zero-order chi connectivity index (χ0) is 15.3. The molecule has 1 aromatic rings. The maximum Gasteiger partial charge on any atom is 0.326 e. The van der Waals surface area contributed by atoms with Gasteiger partial charge in [0, 0.05) is 14.5 Å². The van der Waals surface area contributed by atoms with Crippen molar-refractivity contribution in [1.82, 2.24) is 5.32 Å². The van der Waals surface area contributed by atoms with Crippen LogP contribution in [0, 0.1) is 0 Å². The van der Waals surface area contributed by atoms with Gasteiger partial charge in [-0.15, -0.1) is 0 Å². The van der Waals surface area contributed by atoms with Gasteiger partial charge in [-0.3, -0.25) is 4.79 Å². The molecular formula is C14H15Br2NO3. The summed E-state index contributed by atoms with van der Waals surface area (Å²) in [6.45, 7) is 3.76. The van der Waals surface area contributed by atoms with Gasteiger partial charge in [0.05, 0.1) is 0 Å². The molecule has 1 amide bonds. The molecular weight excluding hydrogens is 390 g/mol. The molecule has 1 aromatic carbocycles. The molecule has 20 heavy (non-hydrogen) atoms. The van der Waals surface area contributed by atoms with Crippen molar-refractivity contribution < 1.29 is 14.7 Å². The Hall–Kier alpha value is -1.14. The molecule has 0 unspecified atom stereocenters. The Kier molecular flexibility index (Phi) is 6.42. The number of carboxylic acid groups (broad SMARTS) is 1. The third kappa shape index (κ3) is 5.46. The molecule has 108 valence electrons. The number of rotatable bonds is 5. The Labute approximate surface area is 134 Å². The summed E-state index contributed by atoms with van der Waals surface area (Å²) in [6, 6.07) is 4.14. The number of halogens is 2. The number of hydrogen-bond donors (Lipinski definition) is 2. The molecule has 1 rings (SSSR count). The van der Waals surface area contributed by atoms with E-state index >= 15 is 0 Å². The molecule has 0 saturated carbocycles. The maximum absolute atomic E-state index is 12.1. The van der Waals surface area contributed by atoms with Crippen LogP contribution in [0.2, 0.25) is 0 Å². The fourth-order valence-electron chi connectivity index (χ4n) is 1.50. The number of aliphatic carboxylic acids is 1. The van der Waals surface area contributed by atoms with E-state index in [4.69, 9.17) is 5.11 Å². The van der Waals surface area contributed by atoms with Crippen LogP contribution in [-0.4, -0.2) is 23.0 Å². The van der Waals surface area contributed by atoms with Crippen LogP contribution in [0.3, 0.4) is 0 Å². The number of nitrogens with one attached hydrogen (secondary N) is 1. The summed E-state index contributed by atoms with van der Waals surface area (Å²) in [5, 5.41) is 11.6. The second-order valence-electron chi connectivity index (χ2n) is 4.54. The molecule has 0 spiro atoms. The number of carbonyl (C=O) groups excluding carboxylic acids is 1. The van der Waals surface area contributed by atoms with Gasteiger partial charge in [0.15, 0.2) is 0 Å². The van der Waals surface area contributed by atoms with Gasteiger partial charge in [0.2, 0.25) is 0 Å². The van der Waals surface area contributed by atoms with Crippen LogP contribution in [0.1, 0.15) is 30.6 Å². The Balaban J connectivity index is 2.85. The number of benzene rings is 1. The number of carbonyl (C=O) groups is 2. The monoisotopic (exact) mass is 403 g/mol. The normalized spacial score (nSPS) is 11.6. The highest BCUT2D eigenvalue weighted by molar-refractivity contribution is 9.11. The van der Waals surface area contributed by atoms with E-state index in [0.29, 0.717) is 5.56 Å². The van der Waals surface area contributed by atoms with Gasteiger partial charge < -0.3 is 10.4 Å². The zero-order valence-electron chi connectivity index (χ0n) is 11.1. The summed E-state index contributed by atoms with van der Waals surface area (Å²) in [6.07, 6.45) is 2.05. The first kappa shape index (κ1) is 16.9. The summed E-state index contributed by atoms with van der Waals surface area (Å²) in [5.41, 5.74) is 1.41. The Morgan fingerprint density at radius 1 is 1.25 bits per heavy atom. The lowest BCUT2D eigenvalue weighted by molar-refractivity contribution is -0.139. The first-order chi connectivity index (χ1) is 9.29. The summed E-state index contributed by atoms with van der Waals surface area (Å²) in [5.74, 6) is -1.47. The van der Waals surface area contributed by atoms with Crippen LogP contribution in [-0.2, 0) is 4.79 Å². The van der Waals surface area contributed by atoms with Gasteiger partial charge in [-0.05, 0) is 38.5 Å². The molecule has 6 heteroatoms. The van der Waals surface area contributed by atoms with Crippen molar-refractivity contribution in [2.24, 2.45) is 0 Å². The van der Waals surface area contributed by atoms with E-state index in [0.717, 1.165) is 14.5 Å². The highest BCUT2D eigenvalue weighted by Gasteiger charge is 2.19. The number of amides is 1. The average molecular weight is 405 g/mol. The van der Waals surface area contributed by atoms with Gasteiger partial charge in [0.1, 0.15) is 6.04 Å². The highest BCUT2D eigenvalue weighted by atomic mass is 79.9. The second-order valence-corrected chi connectivity index (χ2v) is 6.37. The second kappa shape index (κ2) is 7.59. The van der Waals surface area contributed by atoms with E-state index in [1.165, 1.54) is 0 Å². The van der Waals surface area contributed by atoms with Crippen molar-refractivity contribution in [3.8, 4) is 0 Å². The molecule has 4 nitrogen and oxygen atoms in total. The minimum Gasteiger partial charge on any atom is -0.480 e. The Morgan fingerprint density at radius 2 is 1.80 bits per heavy atom. The molecule has 0 aliphatic carbocycles. The van der Waals surface area contributed by atoms with E-state index < -0.39 is 17.9 Å². The lowest BCUT2D eigenvalue weighted by Crippen LogP contribution is -2.40. The van der Waals surface area contributed by atoms with Crippen LogP contribution < -0.4 is 5.32 Å². The predicted octanol–water partition coefficient (Wildman–Crippen LogP) is 3.75. The van der Waals surface area contributed by atoms with Gasteiger partial charge >= 0.3 is 5.97 Å². The van der Waals surface area contributed by atoms with E-state index in [-0.39, 0.29) is 6.42 Å². The van der Waals surface area contributed by atoms with Crippen molar-refractivity contribution in [2.45, 2.75) is 26.3 Å². The van der Waals surface area contributed by atoms with E-state index in [2.05, 4.69) is 37.2 Å². The van der Waals surface area contributed by atoms with Gasteiger partial charge in [-0.1, -0.05) is 43.5 Å². The molecule has 0 heterocycles. The topological polar surface area (TPSA) is 66.4 Å². The smallest absolute Gasteiger partial charge is 0.326 e. The third-order valence-electron chi connectivity index (χ3n) is 2.49. The largest absolute Gasteiger partial charge is 0.480 e. The third-order valence-corrected chi connectivity index (χ3v) is 3.41. The van der Waals surface area contributed by atoms with Gasteiger partial charge in [-0.2, -0.15) is 0 Å². The van der Waals surface area contributed by atoms with Crippen molar-refractivity contribution in [2.75, 3.05) is 0 Å². The zero-order valence-corrected chi connectivity index (χ0v) is 14.3. The lowest BCUT2D eigenvalue weighted by atomic mass is 10.1. The van der Waals surface area contributed by atoms with Crippen molar-refractivity contribution in [3.63, 3.8) is 0 Å². The Bertz CT molecular complexity index is 531. The predicted molar refractivity (Wildman–Crippen MR) is 84.8 cm³/mol. The van der Waals surface area contributed by atoms with Crippen LogP contribution in [0.5, 0.6) is 0 Å². The Morgan fingerprint density at radius 3 is 2.25 bits per heavy atom. The minimum absolute atomic E-state index is 0.262. The summed E-state index contributed by atoms with van der Waals surface area (Å²) in [7, 11) is 0. The molecule has 0 radical (unpaired) electrons. The van der Waals surface area contributed by atoms with Crippen molar-refractivity contribution >= 4 is 43.7 Å². The molecule has 0 fully saturated rings. The van der Waals surface area contributed by atoms with Gasteiger partial charge in [-0.25, -0.2) is 4.79 Å². The van der Waals surface area contributed by atoms with Gasteiger partial charge in [0.25, 0.3) is 5.91 Å². The van der Waals surface area contributed by atoms with E-state index in [1.807, 2.05) is 13.8 Å². The molecule has 0 saturated heterocycles. The molecule has 1 atom stereocenters. The van der Waals surface area contributed by atoms with E-state index in [1.54, 1.807) is 24.3 Å². The van der Waals surface area contributed by atoms with Crippen LogP contribution in [0.4, 0.5) is 0 Å². The van der Waals surface area contributed by atoms with Crippen LogP contribution in [0.15, 0.2) is 38.8 Å². The fraction of sp³-hybridized carbons (Fsp3) is 0.286. The highest BCUT2D eigenvalue weighted by Crippen LogP contribution is 2.20. The number of carboxylic acids is 1. The SMILES string of the molecule is CC(C)=CC[C@H](NC(=O)c1cc(Br)cc(Br)c1)C(=O)O. The maximum atomic E-state index is 12.1. The first-order valence-corrected chi connectivity index (χ1v) is 7.51. The first-order valence-electron chi connectivity index (χ1n) is 5.92. The average Bonchev–Trinajstić information content (AvgIpc) is 2.32. The molecule has 0 aromatic heterocycles. The summed E-state index contributed by atoms with van der Waals surface area (Å²) >= 11 is 6.58. The standard InChI is InChI=1S/C14H15Br2NO3/c1-8(2)3-4-12(14(19)20)17-13(18)9-5-10(15)7-11(16)6-9/h3,5-7,12H,4H2,1-2H3,(H,17,18)(H,19,20)/t12-/m0/s1. The van der Waals surface area contributed by atoms with Crippen LogP contribution >= 0.6 is 31.9 Å². The van der Waals surface area contributed by atoms with Crippen molar-refractivity contribution in [3.05, 3.63) is 44.4 Å². The summed E-state index contributed by atoms with van der Waals surface area (Å²) in [4.78, 5) is 23.2. The molecule has 0 bridgehead atoms. The van der Waals surface area contributed by atoms with Crippen molar-refractivity contribution in [1.29, 1.82) is 0 Å². The molecule has 0 aliphatic heterocycles. The quantitative estimate of drug-likeness (QED) is 0.734. The van der Waals surface area contributed by atoms with E-state index in [9.17, 15) is 9.59 Å². The number of hydrogen-bond acceptors (Lipinski definition) is 2. The molecule has 2 N–H and O–H groups in total. The summed E-state index contributed by atoms with van der Waals surface area (Å²) < 4.78 is 1.49.